The molecule has 2 rings (SSSR count). The molecule has 1 aliphatic heterocycles. The van der Waals surface area contributed by atoms with Crippen LogP contribution in [0.25, 0.3) is 0 Å². The maximum atomic E-state index is 13.4. The van der Waals surface area contributed by atoms with Crippen LogP contribution < -0.4 is 4.90 Å². The molecule has 1 aliphatic rings. The lowest BCUT2D eigenvalue weighted by Crippen LogP contribution is -2.28. The number of aliphatic carboxylic acids is 1. The second-order valence-electron chi connectivity index (χ2n) is 4.28. The van der Waals surface area contributed by atoms with Crippen LogP contribution in [-0.4, -0.2) is 17.3 Å². The number of hydrogen-bond acceptors (Lipinski definition) is 3. The molecule has 0 radical (unpaired) electrons. The smallest absolute Gasteiger partial charge is 0.303 e. The molecule has 1 N–H and O–H groups in total. The Morgan fingerprint density at radius 3 is 2.89 bits per heavy atom. The molecule has 1 aromatic rings. The molecule has 0 saturated carbocycles. The summed E-state index contributed by atoms with van der Waals surface area (Å²) in [5.74, 6) is -0.566. The van der Waals surface area contributed by atoms with Crippen LogP contribution in [0.4, 0.5) is 10.1 Å². The van der Waals surface area contributed by atoms with Crippen molar-refractivity contribution in [3.8, 4) is 0 Å². The molecule has 0 saturated heterocycles. The fourth-order valence-corrected chi connectivity index (χ4v) is 2.41. The highest BCUT2D eigenvalue weighted by molar-refractivity contribution is 9.10. The van der Waals surface area contributed by atoms with E-state index in [9.17, 15) is 9.18 Å². The number of anilines is 1. The molecule has 1 heterocycles. The van der Waals surface area contributed by atoms with Crippen molar-refractivity contribution < 1.29 is 19.0 Å². The zero-order chi connectivity index (χ0) is 14.0. The number of benzene rings is 1. The maximum Gasteiger partial charge on any atom is 0.303 e. The Balaban J connectivity index is 2.21. The van der Waals surface area contributed by atoms with Crippen LogP contribution in [0.2, 0.25) is 0 Å². The van der Waals surface area contributed by atoms with Crippen molar-refractivity contribution in [3.63, 3.8) is 0 Å². The van der Waals surface area contributed by atoms with Crippen LogP contribution in [0.3, 0.4) is 0 Å². The van der Waals surface area contributed by atoms with E-state index in [-0.39, 0.29) is 12.2 Å². The zero-order valence-electron chi connectivity index (χ0n) is 10.3. The quantitative estimate of drug-likeness (QED) is 0.918. The van der Waals surface area contributed by atoms with Gasteiger partial charge in [0.1, 0.15) is 11.6 Å². The van der Waals surface area contributed by atoms with E-state index in [1.165, 1.54) is 12.1 Å². The summed E-state index contributed by atoms with van der Waals surface area (Å²) < 4.78 is 19.6. The van der Waals surface area contributed by atoms with Crippen LogP contribution in [0, 0.1) is 5.82 Å². The Labute approximate surface area is 118 Å². The van der Waals surface area contributed by atoms with Crippen LogP contribution >= 0.6 is 15.9 Å². The predicted octanol–water partition coefficient (Wildman–Crippen LogP) is 3.48. The summed E-state index contributed by atoms with van der Waals surface area (Å²) in [7, 11) is 0. The lowest BCUT2D eigenvalue weighted by atomic mass is 10.2. The Morgan fingerprint density at radius 2 is 2.26 bits per heavy atom. The van der Waals surface area contributed by atoms with E-state index in [1.54, 1.807) is 24.1 Å². The maximum absolute atomic E-state index is 13.4. The van der Waals surface area contributed by atoms with Crippen molar-refractivity contribution in [2.24, 2.45) is 0 Å². The highest BCUT2D eigenvalue weighted by atomic mass is 79.9. The number of ether oxygens (including phenoxy) is 1. The van der Waals surface area contributed by atoms with Crippen LogP contribution in [0.5, 0.6) is 0 Å². The summed E-state index contributed by atoms with van der Waals surface area (Å²) in [4.78, 5) is 12.4. The molecule has 1 unspecified atom stereocenters. The molecule has 1 aromatic carbocycles. The Hall–Kier alpha value is -1.56. The summed E-state index contributed by atoms with van der Waals surface area (Å²) in [5.41, 5.74) is 0.624. The van der Waals surface area contributed by atoms with E-state index in [1.807, 2.05) is 0 Å². The fourth-order valence-electron chi connectivity index (χ4n) is 1.95. The largest absolute Gasteiger partial charge is 0.481 e. The van der Waals surface area contributed by atoms with E-state index >= 15 is 0 Å². The second-order valence-corrected chi connectivity index (χ2v) is 5.20. The van der Waals surface area contributed by atoms with E-state index in [0.717, 1.165) is 0 Å². The molecule has 0 amide bonds. The molecular formula is C13H13BrFNO3. The topological polar surface area (TPSA) is 49.8 Å². The van der Waals surface area contributed by atoms with Gasteiger partial charge in [-0.3, -0.25) is 4.79 Å². The third-order valence-electron chi connectivity index (χ3n) is 2.70. The Bertz CT molecular complexity index is 512. The number of carbonyl (C=O) groups is 1. The van der Waals surface area contributed by atoms with Gasteiger partial charge in [-0.05, 0) is 25.1 Å². The minimum absolute atomic E-state index is 0.00122. The van der Waals surface area contributed by atoms with Gasteiger partial charge in [-0.25, -0.2) is 4.39 Å². The average Bonchev–Trinajstić information content (AvgIpc) is 2.66. The Morgan fingerprint density at radius 1 is 1.53 bits per heavy atom. The minimum atomic E-state index is -0.881. The lowest BCUT2D eigenvalue weighted by Gasteiger charge is -2.24. The molecule has 0 fully saturated rings. The summed E-state index contributed by atoms with van der Waals surface area (Å²) in [6, 6.07) is 4.51. The van der Waals surface area contributed by atoms with E-state index in [4.69, 9.17) is 9.84 Å². The Kier molecular flexibility index (Phi) is 4.09. The number of hydrogen-bond donors (Lipinski definition) is 1. The molecule has 0 spiro atoms. The standard InChI is InChI=1S/C13H13BrFNO3/c1-8-7-16(12(19-8)2-3-13(17)18)11-5-9(14)4-10(15)6-11/h4-7,12H,2-3H2,1H3,(H,17,18). The van der Waals surface area contributed by atoms with Crippen molar-refractivity contribution in [1.82, 2.24) is 0 Å². The number of halogens is 2. The van der Waals surface area contributed by atoms with Crippen molar-refractivity contribution >= 4 is 27.6 Å². The summed E-state index contributed by atoms with van der Waals surface area (Å²) >= 11 is 3.24. The zero-order valence-corrected chi connectivity index (χ0v) is 11.9. The van der Waals surface area contributed by atoms with E-state index in [2.05, 4.69) is 15.9 Å². The van der Waals surface area contributed by atoms with E-state index < -0.39 is 12.2 Å². The average molecular weight is 330 g/mol. The predicted molar refractivity (Wildman–Crippen MR) is 72.1 cm³/mol. The number of carboxylic acid groups (broad SMARTS) is 1. The van der Waals surface area contributed by atoms with Gasteiger partial charge >= 0.3 is 5.97 Å². The monoisotopic (exact) mass is 329 g/mol. The molecular weight excluding hydrogens is 317 g/mol. The molecule has 4 nitrogen and oxygen atoms in total. The van der Waals surface area contributed by atoms with Gasteiger partial charge in [0.05, 0.1) is 6.42 Å². The fraction of sp³-hybridized carbons (Fsp3) is 0.308. The van der Waals surface area contributed by atoms with Crippen LogP contribution in [-0.2, 0) is 9.53 Å². The van der Waals surface area contributed by atoms with Gasteiger partial charge in [0.15, 0.2) is 6.23 Å². The van der Waals surface area contributed by atoms with Gasteiger partial charge in [-0.15, -0.1) is 0 Å². The van der Waals surface area contributed by atoms with Gasteiger partial charge in [-0.2, -0.15) is 0 Å². The van der Waals surface area contributed by atoms with Gasteiger partial charge in [0, 0.05) is 22.8 Å². The molecule has 6 heteroatoms. The van der Waals surface area contributed by atoms with Gasteiger partial charge in [-0.1, -0.05) is 15.9 Å². The van der Waals surface area contributed by atoms with Gasteiger partial charge in [0.2, 0.25) is 0 Å². The van der Waals surface area contributed by atoms with Crippen molar-refractivity contribution in [3.05, 3.63) is 40.4 Å². The van der Waals surface area contributed by atoms with Gasteiger partial charge in [0.25, 0.3) is 0 Å². The number of rotatable bonds is 4. The first-order chi connectivity index (χ1) is 8.95. The molecule has 102 valence electrons. The first-order valence-electron chi connectivity index (χ1n) is 5.77. The minimum Gasteiger partial charge on any atom is -0.481 e. The highest BCUT2D eigenvalue weighted by Gasteiger charge is 2.26. The third kappa shape index (κ3) is 3.47. The lowest BCUT2D eigenvalue weighted by molar-refractivity contribution is -0.137. The number of nitrogens with zero attached hydrogens (tertiary/aromatic N) is 1. The highest BCUT2D eigenvalue weighted by Crippen LogP contribution is 2.30. The molecule has 19 heavy (non-hydrogen) atoms. The first-order valence-corrected chi connectivity index (χ1v) is 6.56. The summed E-state index contributed by atoms with van der Waals surface area (Å²) in [6.07, 6.45) is 1.66. The first kappa shape index (κ1) is 13.9. The van der Waals surface area contributed by atoms with Crippen molar-refractivity contribution in [1.29, 1.82) is 0 Å². The van der Waals surface area contributed by atoms with Crippen LogP contribution in [0.15, 0.2) is 34.6 Å². The van der Waals surface area contributed by atoms with Crippen molar-refractivity contribution in [2.75, 3.05) is 4.90 Å². The number of carboxylic acids is 1. The summed E-state index contributed by atoms with van der Waals surface area (Å²) in [6.45, 7) is 1.78. The number of allylic oxidation sites excluding steroid dienone is 1. The second kappa shape index (κ2) is 5.61. The van der Waals surface area contributed by atoms with Gasteiger partial charge < -0.3 is 14.7 Å². The SMILES string of the molecule is CC1=CN(c2cc(F)cc(Br)c2)C(CCC(=O)O)O1. The third-order valence-corrected chi connectivity index (χ3v) is 3.16. The molecule has 0 bridgehead atoms. The van der Waals surface area contributed by atoms with E-state index in [0.29, 0.717) is 22.3 Å². The normalized spacial score (nSPS) is 18.2. The molecule has 0 aromatic heterocycles. The molecule has 0 aliphatic carbocycles. The van der Waals surface area contributed by atoms with Crippen molar-refractivity contribution in [2.45, 2.75) is 26.0 Å². The van der Waals surface area contributed by atoms with Crippen LogP contribution in [0.1, 0.15) is 19.8 Å². The summed E-state index contributed by atoms with van der Waals surface area (Å²) in [5, 5.41) is 8.73. The molecule has 1 atom stereocenters.